The first-order chi connectivity index (χ1) is 9.22. The highest BCUT2D eigenvalue weighted by molar-refractivity contribution is 9.10. The first kappa shape index (κ1) is 13.1. The van der Waals surface area contributed by atoms with Crippen molar-refractivity contribution in [3.8, 4) is 0 Å². The van der Waals surface area contributed by atoms with Crippen molar-refractivity contribution in [1.29, 1.82) is 0 Å². The number of hydrogen-bond donors (Lipinski definition) is 1. The van der Waals surface area contributed by atoms with Crippen molar-refractivity contribution in [3.63, 3.8) is 0 Å². The van der Waals surface area contributed by atoms with Gasteiger partial charge in [-0.05, 0) is 52.9 Å². The van der Waals surface area contributed by atoms with E-state index in [1.807, 2.05) is 18.3 Å². The zero-order valence-electron chi connectivity index (χ0n) is 11.0. The number of nitrogens with zero attached hydrogens (tertiary/aromatic N) is 3. The minimum absolute atomic E-state index is 0.226. The van der Waals surface area contributed by atoms with Gasteiger partial charge in [0.1, 0.15) is 5.82 Å². The lowest BCUT2D eigenvalue weighted by Crippen LogP contribution is -2.35. The Balaban J connectivity index is 1.93. The van der Waals surface area contributed by atoms with E-state index in [9.17, 15) is 0 Å². The van der Waals surface area contributed by atoms with Crippen molar-refractivity contribution >= 4 is 21.6 Å². The molecule has 0 atom stereocenters. The van der Waals surface area contributed by atoms with Crippen LogP contribution >= 0.6 is 15.9 Å². The molecule has 1 aliphatic rings. The van der Waals surface area contributed by atoms with Crippen molar-refractivity contribution in [3.05, 3.63) is 28.6 Å². The third-order valence-electron chi connectivity index (χ3n) is 4.32. The molecule has 2 aromatic rings. The van der Waals surface area contributed by atoms with E-state index in [0.29, 0.717) is 0 Å². The van der Waals surface area contributed by atoms with Gasteiger partial charge >= 0.3 is 0 Å². The van der Waals surface area contributed by atoms with Crippen LogP contribution in [0.1, 0.15) is 37.9 Å². The van der Waals surface area contributed by atoms with Crippen LogP contribution in [0.15, 0.2) is 22.8 Å². The molecule has 0 bridgehead atoms. The first-order valence-electron chi connectivity index (χ1n) is 6.92. The van der Waals surface area contributed by atoms with E-state index in [0.717, 1.165) is 28.9 Å². The molecule has 0 aliphatic heterocycles. The summed E-state index contributed by atoms with van der Waals surface area (Å²) in [6.07, 6.45) is 9.32. The second-order valence-corrected chi connectivity index (χ2v) is 6.55. The lowest BCUT2D eigenvalue weighted by molar-refractivity contribution is 0.193. The third-order valence-corrected chi connectivity index (χ3v) is 4.79. The molecule has 0 unspecified atom stereocenters. The van der Waals surface area contributed by atoms with Crippen molar-refractivity contribution in [2.24, 2.45) is 11.1 Å². The van der Waals surface area contributed by atoms with Crippen LogP contribution in [0.5, 0.6) is 0 Å². The molecular formula is C14H19BrN4. The van der Waals surface area contributed by atoms with Crippen LogP contribution in [-0.4, -0.2) is 21.1 Å². The van der Waals surface area contributed by atoms with Gasteiger partial charge in [0, 0.05) is 17.1 Å². The third kappa shape index (κ3) is 2.54. The molecule has 5 heteroatoms. The van der Waals surface area contributed by atoms with E-state index in [2.05, 4.69) is 30.5 Å². The molecule has 1 saturated carbocycles. The van der Waals surface area contributed by atoms with Crippen LogP contribution in [0.3, 0.4) is 0 Å². The van der Waals surface area contributed by atoms with E-state index < -0.39 is 0 Å². The summed E-state index contributed by atoms with van der Waals surface area (Å²) >= 11 is 3.51. The summed E-state index contributed by atoms with van der Waals surface area (Å²) in [6.45, 7) is 0.746. The summed E-state index contributed by atoms with van der Waals surface area (Å²) < 4.78 is 3.13. The van der Waals surface area contributed by atoms with Gasteiger partial charge in [-0.3, -0.25) is 4.40 Å². The Morgan fingerprint density at radius 1 is 1.21 bits per heavy atom. The van der Waals surface area contributed by atoms with Gasteiger partial charge in [0.25, 0.3) is 0 Å². The number of rotatable bonds is 3. The second-order valence-electron chi connectivity index (χ2n) is 5.63. The zero-order chi connectivity index (χ0) is 13.3. The number of fused-ring (bicyclic) bond motifs is 1. The molecule has 0 spiro atoms. The molecule has 2 aromatic heterocycles. The number of pyridine rings is 1. The summed E-state index contributed by atoms with van der Waals surface area (Å²) in [7, 11) is 0. The smallest absolute Gasteiger partial charge is 0.160 e. The van der Waals surface area contributed by atoms with E-state index in [-0.39, 0.29) is 5.41 Å². The van der Waals surface area contributed by atoms with Crippen LogP contribution in [0, 0.1) is 5.41 Å². The average molecular weight is 323 g/mol. The van der Waals surface area contributed by atoms with Gasteiger partial charge in [0.15, 0.2) is 5.65 Å². The molecule has 2 N–H and O–H groups in total. The van der Waals surface area contributed by atoms with Gasteiger partial charge in [-0.1, -0.05) is 19.3 Å². The fraction of sp³-hybridized carbons (Fsp3) is 0.571. The number of nitrogens with two attached hydrogens (primary N) is 1. The summed E-state index contributed by atoms with van der Waals surface area (Å²) in [6, 6.07) is 3.98. The first-order valence-corrected chi connectivity index (χ1v) is 7.71. The molecule has 3 rings (SSSR count). The fourth-order valence-corrected chi connectivity index (χ4v) is 3.46. The Hall–Kier alpha value is -0.940. The molecule has 1 aliphatic carbocycles. The highest BCUT2D eigenvalue weighted by Gasteiger charge is 2.32. The average Bonchev–Trinajstić information content (AvgIpc) is 2.82. The number of hydrogen-bond acceptors (Lipinski definition) is 3. The van der Waals surface area contributed by atoms with E-state index in [1.165, 1.54) is 32.1 Å². The Morgan fingerprint density at radius 3 is 2.74 bits per heavy atom. The predicted molar refractivity (Wildman–Crippen MR) is 79.0 cm³/mol. The fourth-order valence-electron chi connectivity index (χ4n) is 3.12. The van der Waals surface area contributed by atoms with Gasteiger partial charge < -0.3 is 5.73 Å². The quantitative estimate of drug-likeness (QED) is 0.945. The van der Waals surface area contributed by atoms with Crippen LogP contribution in [0.4, 0.5) is 0 Å². The molecule has 0 aromatic carbocycles. The minimum Gasteiger partial charge on any atom is -0.330 e. The highest BCUT2D eigenvalue weighted by atomic mass is 79.9. The van der Waals surface area contributed by atoms with Gasteiger partial charge in [-0.2, -0.15) is 0 Å². The topological polar surface area (TPSA) is 56.2 Å². The maximum atomic E-state index is 6.06. The van der Waals surface area contributed by atoms with Crippen molar-refractivity contribution in [1.82, 2.24) is 14.6 Å². The predicted octanol–water partition coefficient (Wildman–Crippen LogP) is 2.94. The van der Waals surface area contributed by atoms with Gasteiger partial charge in [-0.25, -0.2) is 0 Å². The van der Waals surface area contributed by atoms with Crippen LogP contribution < -0.4 is 5.73 Å². The van der Waals surface area contributed by atoms with Crippen molar-refractivity contribution in [2.45, 2.75) is 38.5 Å². The maximum Gasteiger partial charge on any atom is 0.160 e. The minimum atomic E-state index is 0.226. The normalized spacial score (nSPS) is 18.8. The van der Waals surface area contributed by atoms with E-state index >= 15 is 0 Å². The van der Waals surface area contributed by atoms with Crippen LogP contribution in [-0.2, 0) is 6.42 Å². The lowest BCUT2D eigenvalue weighted by Gasteiger charge is -2.35. The van der Waals surface area contributed by atoms with Gasteiger partial charge in [0.05, 0.1) is 0 Å². The lowest BCUT2D eigenvalue weighted by atomic mass is 9.72. The molecular weight excluding hydrogens is 304 g/mol. The Labute approximate surface area is 121 Å². The molecule has 4 nitrogen and oxygen atoms in total. The molecule has 2 heterocycles. The van der Waals surface area contributed by atoms with Crippen LogP contribution in [0.2, 0.25) is 0 Å². The molecule has 0 saturated heterocycles. The Morgan fingerprint density at radius 2 is 2.00 bits per heavy atom. The van der Waals surface area contributed by atoms with Crippen molar-refractivity contribution in [2.75, 3.05) is 6.54 Å². The summed E-state index contributed by atoms with van der Waals surface area (Å²) in [5.74, 6) is 1.03. The second kappa shape index (κ2) is 5.21. The monoisotopic (exact) mass is 322 g/mol. The van der Waals surface area contributed by atoms with E-state index in [4.69, 9.17) is 5.73 Å². The Bertz CT molecular complexity index is 572. The molecule has 19 heavy (non-hydrogen) atoms. The Kier molecular flexibility index (Phi) is 3.58. The highest BCUT2D eigenvalue weighted by Crippen LogP contribution is 2.38. The van der Waals surface area contributed by atoms with Gasteiger partial charge in [0.2, 0.25) is 0 Å². The summed E-state index contributed by atoms with van der Waals surface area (Å²) in [5.41, 5.74) is 7.19. The van der Waals surface area contributed by atoms with Gasteiger partial charge in [-0.15, -0.1) is 10.2 Å². The number of aromatic nitrogens is 3. The molecule has 102 valence electrons. The summed E-state index contributed by atoms with van der Waals surface area (Å²) in [5, 5.41) is 8.60. The van der Waals surface area contributed by atoms with E-state index in [1.54, 1.807) is 0 Å². The maximum absolute atomic E-state index is 6.06. The summed E-state index contributed by atoms with van der Waals surface area (Å²) in [4.78, 5) is 0. The number of halogens is 1. The van der Waals surface area contributed by atoms with Crippen LogP contribution in [0.25, 0.3) is 5.65 Å². The molecule has 0 amide bonds. The molecule has 1 fully saturated rings. The molecule has 0 radical (unpaired) electrons. The zero-order valence-corrected chi connectivity index (χ0v) is 12.6. The SMILES string of the molecule is NCC1(Cc2nnc3ccc(Br)cn23)CCCCC1. The largest absolute Gasteiger partial charge is 0.330 e. The standard InChI is InChI=1S/C14H19BrN4/c15-11-4-5-12-17-18-13(19(12)9-11)8-14(10-16)6-2-1-3-7-14/h4-5,9H,1-3,6-8,10,16H2. The van der Waals surface area contributed by atoms with Crippen molar-refractivity contribution < 1.29 is 0 Å².